The van der Waals surface area contributed by atoms with Crippen molar-refractivity contribution in [1.82, 2.24) is 5.32 Å². The standard InChI is InChI=1S/C15H18N2O2S/c1-2-19-12-6-3-5-11(9-12)14(15(16)18)17-10-13-7-4-8-20-13/h3-9,14,17H,2,10H2,1H3,(H2,16,18). The van der Waals surface area contributed by atoms with E-state index in [1.165, 1.54) is 0 Å². The second-order valence-electron chi connectivity index (χ2n) is 4.30. The van der Waals surface area contributed by atoms with Crippen LogP contribution in [-0.4, -0.2) is 12.5 Å². The summed E-state index contributed by atoms with van der Waals surface area (Å²) in [6.07, 6.45) is 0. The van der Waals surface area contributed by atoms with E-state index >= 15 is 0 Å². The first-order chi connectivity index (χ1) is 9.70. The van der Waals surface area contributed by atoms with Gasteiger partial charge in [-0.25, -0.2) is 0 Å². The lowest BCUT2D eigenvalue weighted by atomic mass is 10.1. The van der Waals surface area contributed by atoms with E-state index in [2.05, 4.69) is 5.32 Å². The topological polar surface area (TPSA) is 64.3 Å². The van der Waals surface area contributed by atoms with Gasteiger partial charge in [0.05, 0.1) is 6.61 Å². The zero-order valence-electron chi connectivity index (χ0n) is 11.3. The minimum atomic E-state index is -0.516. The third-order valence-electron chi connectivity index (χ3n) is 2.85. The molecule has 0 saturated carbocycles. The van der Waals surface area contributed by atoms with Crippen molar-refractivity contribution in [2.75, 3.05) is 6.61 Å². The minimum absolute atomic E-state index is 0.393. The molecule has 2 aromatic rings. The monoisotopic (exact) mass is 290 g/mol. The number of primary amides is 1. The van der Waals surface area contributed by atoms with Crippen LogP contribution >= 0.6 is 11.3 Å². The summed E-state index contributed by atoms with van der Waals surface area (Å²) in [4.78, 5) is 12.8. The van der Waals surface area contributed by atoms with Crippen LogP contribution in [0.5, 0.6) is 5.75 Å². The lowest BCUT2D eigenvalue weighted by Gasteiger charge is -2.16. The molecular formula is C15H18N2O2S. The summed E-state index contributed by atoms with van der Waals surface area (Å²) in [5.41, 5.74) is 6.31. The van der Waals surface area contributed by atoms with Crippen molar-refractivity contribution in [2.45, 2.75) is 19.5 Å². The summed E-state index contributed by atoms with van der Waals surface area (Å²) in [5, 5.41) is 5.19. The predicted molar refractivity (Wildman–Crippen MR) is 80.7 cm³/mol. The molecule has 20 heavy (non-hydrogen) atoms. The fourth-order valence-corrected chi connectivity index (χ4v) is 2.60. The molecule has 1 atom stereocenters. The van der Waals surface area contributed by atoms with Crippen molar-refractivity contribution in [2.24, 2.45) is 5.73 Å². The Morgan fingerprint density at radius 3 is 2.90 bits per heavy atom. The van der Waals surface area contributed by atoms with Gasteiger partial charge in [0.25, 0.3) is 0 Å². The van der Waals surface area contributed by atoms with Gasteiger partial charge < -0.3 is 10.5 Å². The summed E-state index contributed by atoms with van der Waals surface area (Å²) in [6, 6.07) is 10.9. The quantitative estimate of drug-likeness (QED) is 0.823. The van der Waals surface area contributed by atoms with E-state index in [0.29, 0.717) is 13.2 Å². The molecule has 0 fully saturated rings. The average molecular weight is 290 g/mol. The van der Waals surface area contributed by atoms with Crippen LogP contribution in [0.4, 0.5) is 0 Å². The summed E-state index contributed by atoms with van der Waals surface area (Å²) in [6.45, 7) is 3.13. The van der Waals surface area contributed by atoms with Gasteiger partial charge in [0.1, 0.15) is 11.8 Å². The van der Waals surface area contributed by atoms with Crippen molar-refractivity contribution in [3.05, 3.63) is 52.2 Å². The van der Waals surface area contributed by atoms with E-state index < -0.39 is 11.9 Å². The Morgan fingerprint density at radius 2 is 2.25 bits per heavy atom. The zero-order chi connectivity index (χ0) is 14.4. The molecule has 4 nitrogen and oxygen atoms in total. The summed E-state index contributed by atoms with van der Waals surface area (Å²) >= 11 is 1.64. The largest absolute Gasteiger partial charge is 0.494 e. The number of hydrogen-bond acceptors (Lipinski definition) is 4. The minimum Gasteiger partial charge on any atom is -0.494 e. The van der Waals surface area contributed by atoms with Crippen molar-refractivity contribution >= 4 is 17.2 Å². The number of amides is 1. The van der Waals surface area contributed by atoms with E-state index in [9.17, 15) is 4.79 Å². The molecule has 0 spiro atoms. The molecule has 1 amide bonds. The molecule has 0 aliphatic rings. The second-order valence-corrected chi connectivity index (χ2v) is 5.33. The normalized spacial score (nSPS) is 12.1. The fourth-order valence-electron chi connectivity index (χ4n) is 1.95. The van der Waals surface area contributed by atoms with E-state index in [0.717, 1.165) is 16.2 Å². The Hall–Kier alpha value is -1.85. The number of carbonyl (C=O) groups is 1. The van der Waals surface area contributed by atoms with Crippen LogP contribution in [0.1, 0.15) is 23.4 Å². The van der Waals surface area contributed by atoms with Gasteiger partial charge in [0, 0.05) is 11.4 Å². The number of nitrogens with two attached hydrogens (primary N) is 1. The van der Waals surface area contributed by atoms with Crippen molar-refractivity contribution in [3.8, 4) is 5.75 Å². The van der Waals surface area contributed by atoms with Gasteiger partial charge in [0.15, 0.2) is 0 Å². The van der Waals surface area contributed by atoms with Crippen LogP contribution in [-0.2, 0) is 11.3 Å². The predicted octanol–water partition coefficient (Wildman–Crippen LogP) is 2.46. The first-order valence-electron chi connectivity index (χ1n) is 6.48. The number of carbonyl (C=O) groups excluding carboxylic acids is 1. The molecular weight excluding hydrogens is 272 g/mol. The Balaban J connectivity index is 2.11. The lowest BCUT2D eigenvalue weighted by molar-refractivity contribution is -0.120. The van der Waals surface area contributed by atoms with E-state index in [1.54, 1.807) is 11.3 Å². The molecule has 0 saturated heterocycles. The Labute approximate surface area is 122 Å². The van der Waals surface area contributed by atoms with Crippen molar-refractivity contribution < 1.29 is 9.53 Å². The van der Waals surface area contributed by atoms with E-state index in [1.807, 2.05) is 48.7 Å². The molecule has 5 heteroatoms. The average Bonchev–Trinajstić information content (AvgIpc) is 2.93. The molecule has 0 bridgehead atoms. The molecule has 106 valence electrons. The number of hydrogen-bond donors (Lipinski definition) is 2. The molecule has 2 rings (SSSR count). The Morgan fingerprint density at radius 1 is 1.40 bits per heavy atom. The van der Waals surface area contributed by atoms with Crippen LogP contribution < -0.4 is 15.8 Å². The third kappa shape index (κ3) is 3.82. The Bertz CT molecular complexity index is 555. The smallest absolute Gasteiger partial charge is 0.239 e. The molecule has 3 N–H and O–H groups in total. The second kappa shape index (κ2) is 7.07. The van der Waals surface area contributed by atoms with E-state index in [-0.39, 0.29) is 0 Å². The highest BCUT2D eigenvalue weighted by atomic mass is 32.1. The molecule has 1 aromatic heterocycles. The maximum atomic E-state index is 11.7. The van der Waals surface area contributed by atoms with Gasteiger partial charge >= 0.3 is 0 Å². The molecule has 1 heterocycles. The Kier molecular flexibility index (Phi) is 5.15. The van der Waals surface area contributed by atoms with Crippen molar-refractivity contribution in [3.63, 3.8) is 0 Å². The van der Waals surface area contributed by atoms with Gasteiger partial charge in [-0.05, 0) is 36.1 Å². The summed E-state index contributed by atoms with van der Waals surface area (Å²) < 4.78 is 5.45. The zero-order valence-corrected chi connectivity index (χ0v) is 12.2. The summed E-state index contributed by atoms with van der Waals surface area (Å²) in [5.74, 6) is 0.351. The van der Waals surface area contributed by atoms with Crippen molar-refractivity contribution in [1.29, 1.82) is 0 Å². The maximum absolute atomic E-state index is 11.7. The highest BCUT2D eigenvalue weighted by Gasteiger charge is 2.17. The highest BCUT2D eigenvalue weighted by Crippen LogP contribution is 2.20. The summed E-state index contributed by atoms with van der Waals surface area (Å²) in [7, 11) is 0. The van der Waals surface area contributed by atoms with Gasteiger partial charge in [-0.1, -0.05) is 18.2 Å². The molecule has 0 aliphatic carbocycles. The number of rotatable bonds is 7. The van der Waals surface area contributed by atoms with E-state index in [4.69, 9.17) is 10.5 Å². The van der Waals surface area contributed by atoms with Crippen LogP contribution in [0.3, 0.4) is 0 Å². The van der Waals surface area contributed by atoms with Crippen LogP contribution in [0.15, 0.2) is 41.8 Å². The van der Waals surface area contributed by atoms with Gasteiger partial charge in [-0.15, -0.1) is 11.3 Å². The SMILES string of the molecule is CCOc1cccc(C(NCc2cccs2)C(N)=O)c1. The molecule has 1 aromatic carbocycles. The number of thiophene rings is 1. The van der Waals surface area contributed by atoms with Crippen LogP contribution in [0.25, 0.3) is 0 Å². The maximum Gasteiger partial charge on any atom is 0.239 e. The molecule has 0 radical (unpaired) electrons. The number of nitrogens with one attached hydrogen (secondary N) is 1. The van der Waals surface area contributed by atoms with Gasteiger partial charge in [0.2, 0.25) is 5.91 Å². The third-order valence-corrected chi connectivity index (χ3v) is 3.72. The number of ether oxygens (including phenoxy) is 1. The lowest BCUT2D eigenvalue weighted by Crippen LogP contribution is -2.33. The molecule has 0 aliphatic heterocycles. The first kappa shape index (κ1) is 14.6. The van der Waals surface area contributed by atoms with Gasteiger partial charge in [-0.2, -0.15) is 0 Å². The van der Waals surface area contributed by atoms with Gasteiger partial charge in [-0.3, -0.25) is 10.1 Å². The first-order valence-corrected chi connectivity index (χ1v) is 7.36. The fraction of sp³-hybridized carbons (Fsp3) is 0.267. The highest BCUT2D eigenvalue weighted by molar-refractivity contribution is 7.09. The number of benzene rings is 1. The molecule has 1 unspecified atom stereocenters. The van der Waals surface area contributed by atoms with Crippen LogP contribution in [0.2, 0.25) is 0 Å². The van der Waals surface area contributed by atoms with Crippen LogP contribution in [0, 0.1) is 0 Å².